The van der Waals surface area contributed by atoms with Crippen LogP contribution in [0.5, 0.6) is 0 Å². The van der Waals surface area contributed by atoms with Gasteiger partial charge >= 0.3 is 5.97 Å². The van der Waals surface area contributed by atoms with E-state index in [1.54, 1.807) is 13.1 Å². The SMILES string of the molecule is Cc1cccc(/C=C/C(=O)O[C@H](C)C(=O)N(C)[C@@H]2CCS(=O)(=O)C2)c1. The van der Waals surface area contributed by atoms with E-state index in [2.05, 4.69) is 0 Å². The lowest BCUT2D eigenvalue weighted by molar-refractivity contribution is -0.155. The number of hydrogen-bond acceptors (Lipinski definition) is 5. The Morgan fingerprint density at radius 3 is 2.68 bits per heavy atom. The smallest absolute Gasteiger partial charge is 0.331 e. The predicted molar refractivity (Wildman–Crippen MR) is 95.6 cm³/mol. The average Bonchev–Trinajstić information content (AvgIpc) is 2.91. The van der Waals surface area contributed by atoms with Crippen LogP contribution in [0.25, 0.3) is 6.08 Å². The van der Waals surface area contributed by atoms with Gasteiger partial charge < -0.3 is 9.64 Å². The number of sulfone groups is 1. The summed E-state index contributed by atoms with van der Waals surface area (Å²) >= 11 is 0. The number of amides is 1. The van der Waals surface area contributed by atoms with Crippen LogP contribution in [0, 0.1) is 6.92 Å². The number of hydrogen-bond donors (Lipinski definition) is 0. The van der Waals surface area contributed by atoms with Gasteiger partial charge in [-0.3, -0.25) is 4.79 Å². The van der Waals surface area contributed by atoms with E-state index in [-0.39, 0.29) is 17.5 Å². The highest BCUT2D eigenvalue weighted by Crippen LogP contribution is 2.17. The molecule has 6 nitrogen and oxygen atoms in total. The standard InChI is InChI=1S/C18H23NO5S/c1-13-5-4-6-15(11-13)7-8-17(20)24-14(2)18(21)19(3)16-9-10-25(22,23)12-16/h4-8,11,14,16H,9-10,12H2,1-3H3/b8-7+/t14-,16-/m1/s1. The van der Waals surface area contributed by atoms with Crippen molar-refractivity contribution in [2.24, 2.45) is 0 Å². The van der Waals surface area contributed by atoms with Gasteiger partial charge in [-0.05, 0) is 31.9 Å². The van der Waals surface area contributed by atoms with Crippen molar-refractivity contribution >= 4 is 27.8 Å². The summed E-state index contributed by atoms with van der Waals surface area (Å²) in [5.74, 6) is -0.972. The van der Waals surface area contributed by atoms with Gasteiger partial charge in [-0.25, -0.2) is 13.2 Å². The lowest BCUT2D eigenvalue weighted by atomic mass is 10.1. The number of nitrogens with zero attached hydrogens (tertiary/aromatic N) is 1. The van der Waals surface area contributed by atoms with Crippen molar-refractivity contribution in [1.82, 2.24) is 4.90 Å². The van der Waals surface area contributed by atoms with Gasteiger partial charge in [0.05, 0.1) is 11.5 Å². The molecule has 1 amide bonds. The van der Waals surface area contributed by atoms with Crippen LogP contribution in [0.4, 0.5) is 0 Å². The Labute approximate surface area is 148 Å². The maximum Gasteiger partial charge on any atom is 0.331 e. The number of benzene rings is 1. The van der Waals surface area contributed by atoms with Gasteiger partial charge in [-0.15, -0.1) is 0 Å². The molecule has 0 N–H and O–H groups in total. The fraction of sp³-hybridized carbons (Fsp3) is 0.444. The Morgan fingerprint density at radius 2 is 2.08 bits per heavy atom. The number of carbonyl (C=O) groups excluding carboxylic acids is 2. The van der Waals surface area contributed by atoms with Crippen LogP contribution < -0.4 is 0 Å². The molecule has 1 aliphatic heterocycles. The number of esters is 1. The maximum atomic E-state index is 12.3. The van der Waals surface area contributed by atoms with Crippen molar-refractivity contribution in [3.63, 3.8) is 0 Å². The monoisotopic (exact) mass is 365 g/mol. The molecule has 1 fully saturated rings. The summed E-state index contributed by atoms with van der Waals surface area (Å²) in [6.45, 7) is 3.44. The van der Waals surface area contributed by atoms with Gasteiger partial charge in [0, 0.05) is 19.2 Å². The van der Waals surface area contributed by atoms with Gasteiger partial charge in [-0.1, -0.05) is 29.8 Å². The number of aryl methyl sites for hydroxylation is 1. The topological polar surface area (TPSA) is 80.8 Å². The molecule has 2 rings (SSSR count). The molecule has 0 spiro atoms. The summed E-state index contributed by atoms with van der Waals surface area (Å²) < 4.78 is 28.2. The van der Waals surface area contributed by atoms with Crippen molar-refractivity contribution in [3.8, 4) is 0 Å². The quantitative estimate of drug-likeness (QED) is 0.585. The van der Waals surface area contributed by atoms with Crippen LogP contribution in [0.1, 0.15) is 24.5 Å². The predicted octanol–water partition coefficient (Wildman–Crippen LogP) is 1.59. The average molecular weight is 365 g/mol. The molecule has 0 unspecified atom stereocenters. The zero-order valence-corrected chi connectivity index (χ0v) is 15.5. The second kappa shape index (κ2) is 7.82. The summed E-state index contributed by atoms with van der Waals surface area (Å²) in [5.41, 5.74) is 1.94. The first-order valence-corrected chi connectivity index (χ1v) is 9.92. The Hall–Kier alpha value is -2.15. The molecule has 2 atom stereocenters. The third-order valence-electron chi connectivity index (χ3n) is 4.20. The normalized spacial score (nSPS) is 20.4. The first kappa shape index (κ1) is 19.2. The van der Waals surface area contributed by atoms with Crippen LogP contribution in [-0.2, 0) is 24.2 Å². The molecular weight excluding hydrogens is 342 g/mol. The van der Waals surface area contributed by atoms with Crippen molar-refractivity contribution in [1.29, 1.82) is 0 Å². The molecule has 1 aliphatic rings. The van der Waals surface area contributed by atoms with Crippen molar-refractivity contribution in [3.05, 3.63) is 41.5 Å². The fourth-order valence-corrected chi connectivity index (χ4v) is 4.52. The number of ether oxygens (including phenoxy) is 1. The molecule has 1 aromatic carbocycles. The lowest BCUT2D eigenvalue weighted by Gasteiger charge is -2.26. The van der Waals surface area contributed by atoms with Crippen LogP contribution in [0.15, 0.2) is 30.3 Å². The molecule has 7 heteroatoms. The van der Waals surface area contributed by atoms with E-state index in [4.69, 9.17) is 4.74 Å². The summed E-state index contributed by atoms with van der Waals surface area (Å²) in [4.78, 5) is 25.6. The van der Waals surface area contributed by atoms with E-state index in [0.29, 0.717) is 6.42 Å². The molecule has 0 radical (unpaired) electrons. The molecule has 0 saturated carbocycles. The molecule has 136 valence electrons. The highest BCUT2D eigenvalue weighted by molar-refractivity contribution is 7.91. The minimum Gasteiger partial charge on any atom is -0.449 e. The van der Waals surface area contributed by atoms with Gasteiger partial charge in [0.15, 0.2) is 15.9 Å². The molecule has 0 aliphatic carbocycles. The van der Waals surface area contributed by atoms with Crippen molar-refractivity contribution in [2.75, 3.05) is 18.6 Å². The van der Waals surface area contributed by atoms with E-state index in [1.807, 2.05) is 31.2 Å². The second-order valence-corrected chi connectivity index (χ2v) is 8.56. The van der Waals surface area contributed by atoms with E-state index >= 15 is 0 Å². The molecule has 1 heterocycles. The third kappa shape index (κ3) is 5.42. The van der Waals surface area contributed by atoms with Crippen LogP contribution in [0.3, 0.4) is 0 Å². The van der Waals surface area contributed by atoms with Gasteiger partial charge in [0.2, 0.25) is 0 Å². The zero-order valence-electron chi connectivity index (χ0n) is 14.6. The van der Waals surface area contributed by atoms with E-state index < -0.39 is 27.8 Å². The summed E-state index contributed by atoms with van der Waals surface area (Å²) in [5, 5.41) is 0. The van der Waals surface area contributed by atoms with Crippen molar-refractivity contribution in [2.45, 2.75) is 32.4 Å². The fourth-order valence-electron chi connectivity index (χ4n) is 2.75. The summed E-state index contributed by atoms with van der Waals surface area (Å²) in [6, 6.07) is 7.26. The molecular formula is C18H23NO5S. The summed E-state index contributed by atoms with van der Waals surface area (Å²) in [6.07, 6.45) is 2.35. The Morgan fingerprint density at radius 1 is 1.36 bits per heavy atom. The molecule has 1 saturated heterocycles. The maximum absolute atomic E-state index is 12.3. The number of likely N-dealkylation sites (N-methyl/N-ethyl adjacent to an activating group) is 1. The second-order valence-electron chi connectivity index (χ2n) is 6.33. The molecule has 0 bridgehead atoms. The van der Waals surface area contributed by atoms with Crippen LogP contribution in [0.2, 0.25) is 0 Å². The Kier molecular flexibility index (Phi) is 6.00. The van der Waals surface area contributed by atoms with Crippen molar-refractivity contribution < 1.29 is 22.7 Å². The van der Waals surface area contributed by atoms with E-state index in [9.17, 15) is 18.0 Å². The highest BCUT2D eigenvalue weighted by atomic mass is 32.2. The zero-order chi connectivity index (χ0) is 18.6. The highest BCUT2D eigenvalue weighted by Gasteiger charge is 2.34. The van der Waals surface area contributed by atoms with Gasteiger partial charge in [0.1, 0.15) is 0 Å². The largest absolute Gasteiger partial charge is 0.449 e. The lowest BCUT2D eigenvalue weighted by Crippen LogP contribution is -2.44. The number of carbonyl (C=O) groups is 2. The van der Waals surface area contributed by atoms with Gasteiger partial charge in [-0.2, -0.15) is 0 Å². The molecule has 0 aromatic heterocycles. The molecule has 1 aromatic rings. The summed E-state index contributed by atoms with van der Waals surface area (Å²) in [7, 11) is -1.54. The van der Waals surface area contributed by atoms with E-state index in [0.717, 1.165) is 11.1 Å². The molecule has 25 heavy (non-hydrogen) atoms. The minimum atomic E-state index is -3.08. The minimum absolute atomic E-state index is 0.0385. The number of rotatable bonds is 5. The van der Waals surface area contributed by atoms with Gasteiger partial charge in [0.25, 0.3) is 5.91 Å². The van der Waals surface area contributed by atoms with Crippen LogP contribution in [-0.4, -0.2) is 55.9 Å². The van der Waals surface area contributed by atoms with Crippen LogP contribution >= 0.6 is 0 Å². The Balaban J connectivity index is 1.90. The first-order chi connectivity index (χ1) is 11.7. The third-order valence-corrected chi connectivity index (χ3v) is 5.95. The first-order valence-electron chi connectivity index (χ1n) is 8.10. The Bertz CT molecular complexity index is 784. The van der Waals surface area contributed by atoms with E-state index in [1.165, 1.54) is 17.9 Å².